The van der Waals surface area contributed by atoms with Crippen molar-refractivity contribution in [2.75, 3.05) is 20.6 Å². The molecule has 5 nitrogen and oxygen atoms in total. The van der Waals surface area contributed by atoms with Gasteiger partial charge in [-0.25, -0.2) is 4.98 Å². The van der Waals surface area contributed by atoms with Gasteiger partial charge in [-0.3, -0.25) is 4.79 Å². The standard InChI is InChI=1S/C16H24N4O/c1-11(2)7-13(20(3)4)9-17-16(21)12-5-6-14-15(8-12)19-10-18-14/h5-6,8,10-11,13H,7,9H2,1-4H3,(H,17,21)(H,18,19). The molecule has 0 radical (unpaired) electrons. The third-order valence-corrected chi connectivity index (χ3v) is 3.65. The fraction of sp³-hybridized carbons (Fsp3) is 0.500. The molecule has 0 saturated heterocycles. The number of aromatic amines is 1. The highest BCUT2D eigenvalue weighted by molar-refractivity contribution is 5.97. The van der Waals surface area contributed by atoms with Crippen molar-refractivity contribution >= 4 is 16.9 Å². The minimum Gasteiger partial charge on any atom is -0.350 e. The Morgan fingerprint density at radius 1 is 1.38 bits per heavy atom. The molecule has 1 aromatic carbocycles. The van der Waals surface area contributed by atoms with E-state index in [4.69, 9.17) is 0 Å². The minimum absolute atomic E-state index is 0.0397. The summed E-state index contributed by atoms with van der Waals surface area (Å²) >= 11 is 0. The van der Waals surface area contributed by atoms with E-state index in [-0.39, 0.29) is 5.91 Å². The second-order valence-corrected chi connectivity index (χ2v) is 6.09. The van der Waals surface area contributed by atoms with E-state index in [1.54, 1.807) is 6.33 Å². The minimum atomic E-state index is -0.0397. The number of benzene rings is 1. The first-order valence-corrected chi connectivity index (χ1v) is 7.35. The van der Waals surface area contributed by atoms with Gasteiger partial charge in [0, 0.05) is 18.2 Å². The van der Waals surface area contributed by atoms with Crippen LogP contribution in [0.2, 0.25) is 0 Å². The van der Waals surface area contributed by atoms with Crippen LogP contribution in [-0.2, 0) is 0 Å². The topological polar surface area (TPSA) is 61.0 Å². The largest absolute Gasteiger partial charge is 0.350 e. The van der Waals surface area contributed by atoms with Crippen molar-refractivity contribution in [2.24, 2.45) is 5.92 Å². The van der Waals surface area contributed by atoms with Crippen molar-refractivity contribution in [2.45, 2.75) is 26.3 Å². The Labute approximate surface area is 125 Å². The molecule has 1 heterocycles. The third-order valence-electron chi connectivity index (χ3n) is 3.65. The highest BCUT2D eigenvalue weighted by atomic mass is 16.1. The van der Waals surface area contributed by atoms with Gasteiger partial charge >= 0.3 is 0 Å². The van der Waals surface area contributed by atoms with Gasteiger partial charge in [0.05, 0.1) is 17.4 Å². The summed E-state index contributed by atoms with van der Waals surface area (Å²) in [5.41, 5.74) is 2.42. The van der Waals surface area contributed by atoms with E-state index < -0.39 is 0 Å². The van der Waals surface area contributed by atoms with Gasteiger partial charge < -0.3 is 15.2 Å². The summed E-state index contributed by atoms with van der Waals surface area (Å²) in [5.74, 6) is 0.567. The average molecular weight is 288 g/mol. The van der Waals surface area contributed by atoms with Gasteiger partial charge in [-0.05, 0) is 44.6 Å². The number of hydrogen-bond donors (Lipinski definition) is 2. The molecular weight excluding hydrogens is 264 g/mol. The van der Waals surface area contributed by atoms with Gasteiger partial charge in [-0.15, -0.1) is 0 Å². The Hall–Kier alpha value is -1.88. The van der Waals surface area contributed by atoms with Crippen LogP contribution in [0, 0.1) is 5.92 Å². The van der Waals surface area contributed by atoms with Gasteiger partial charge in [0.1, 0.15) is 0 Å². The lowest BCUT2D eigenvalue weighted by Gasteiger charge is -2.26. The molecule has 2 N–H and O–H groups in total. The van der Waals surface area contributed by atoms with Crippen LogP contribution in [0.5, 0.6) is 0 Å². The first-order valence-electron chi connectivity index (χ1n) is 7.35. The lowest BCUT2D eigenvalue weighted by molar-refractivity contribution is 0.0938. The number of nitrogens with one attached hydrogen (secondary N) is 2. The molecule has 1 amide bonds. The monoisotopic (exact) mass is 288 g/mol. The zero-order valence-corrected chi connectivity index (χ0v) is 13.2. The summed E-state index contributed by atoms with van der Waals surface area (Å²) in [6.07, 6.45) is 2.70. The molecule has 2 aromatic rings. The van der Waals surface area contributed by atoms with Crippen molar-refractivity contribution in [3.63, 3.8) is 0 Å². The molecule has 1 aromatic heterocycles. The number of H-pyrrole nitrogens is 1. The smallest absolute Gasteiger partial charge is 0.251 e. The first-order chi connectivity index (χ1) is 9.97. The molecule has 5 heteroatoms. The van der Waals surface area contributed by atoms with Crippen LogP contribution in [0.25, 0.3) is 11.0 Å². The number of likely N-dealkylation sites (N-methyl/N-ethyl adjacent to an activating group) is 1. The second-order valence-electron chi connectivity index (χ2n) is 6.09. The van der Waals surface area contributed by atoms with Crippen molar-refractivity contribution in [1.29, 1.82) is 0 Å². The maximum Gasteiger partial charge on any atom is 0.251 e. The van der Waals surface area contributed by atoms with Gasteiger partial charge in [-0.2, -0.15) is 0 Å². The molecule has 1 unspecified atom stereocenters. The molecule has 0 fully saturated rings. The van der Waals surface area contributed by atoms with Crippen molar-refractivity contribution in [3.05, 3.63) is 30.1 Å². The molecular formula is C16H24N4O. The summed E-state index contributed by atoms with van der Waals surface area (Å²) in [6.45, 7) is 5.06. The molecule has 1 atom stereocenters. The number of imidazole rings is 1. The summed E-state index contributed by atoms with van der Waals surface area (Å²) in [5, 5.41) is 3.03. The highest BCUT2D eigenvalue weighted by Crippen LogP contribution is 2.12. The van der Waals surface area contributed by atoms with E-state index in [0.717, 1.165) is 17.5 Å². The molecule has 114 valence electrons. The van der Waals surface area contributed by atoms with Crippen LogP contribution in [0.4, 0.5) is 0 Å². The van der Waals surface area contributed by atoms with Gasteiger partial charge in [0.25, 0.3) is 5.91 Å². The Morgan fingerprint density at radius 2 is 2.14 bits per heavy atom. The Kier molecular flexibility index (Phi) is 4.96. The predicted octanol–water partition coefficient (Wildman–Crippen LogP) is 2.27. The van der Waals surface area contributed by atoms with E-state index in [9.17, 15) is 4.79 Å². The number of hydrogen-bond acceptors (Lipinski definition) is 3. The Morgan fingerprint density at radius 3 is 2.81 bits per heavy atom. The Bertz CT molecular complexity index is 603. The summed E-state index contributed by atoms with van der Waals surface area (Å²) < 4.78 is 0. The zero-order chi connectivity index (χ0) is 15.4. The fourth-order valence-corrected chi connectivity index (χ4v) is 2.41. The number of nitrogens with zero attached hydrogens (tertiary/aromatic N) is 2. The maximum absolute atomic E-state index is 12.3. The number of amides is 1. The number of fused-ring (bicyclic) bond motifs is 1. The summed E-state index contributed by atoms with van der Waals surface area (Å²) in [6, 6.07) is 5.86. The molecule has 0 aliphatic rings. The normalized spacial score (nSPS) is 13.0. The molecule has 0 bridgehead atoms. The number of carbonyl (C=O) groups excluding carboxylic acids is 1. The molecule has 0 saturated carbocycles. The van der Waals surface area contributed by atoms with Crippen LogP contribution >= 0.6 is 0 Å². The van der Waals surface area contributed by atoms with Gasteiger partial charge in [0.15, 0.2) is 0 Å². The fourth-order valence-electron chi connectivity index (χ4n) is 2.41. The van der Waals surface area contributed by atoms with Crippen LogP contribution in [0.3, 0.4) is 0 Å². The van der Waals surface area contributed by atoms with E-state index in [1.807, 2.05) is 18.2 Å². The molecule has 2 rings (SSSR count). The van der Waals surface area contributed by atoms with Crippen LogP contribution in [0.1, 0.15) is 30.6 Å². The van der Waals surface area contributed by atoms with Crippen LogP contribution in [-0.4, -0.2) is 47.5 Å². The summed E-state index contributed by atoms with van der Waals surface area (Å²) in [7, 11) is 4.10. The van der Waals surface area contributed by atoms with E-state index in [1.165, 1.54) is 0 Å². The number of carbonyl (C=O) groups is 1. The lowest BCUT2D eigenvalue weighted by Crippen LogP contribution is -2.41. The number of rotatable bonds is 6. The second kappa shape index (κ2) is 6.72. The molecule has 0 aliphatic carbocycles. The lowest BCUT2D eigenvalue weighted by atomic mass is 10.0. The summed E-state index contributed by atoms with van der Waals surface area (Å²) in [4.78, 5) is 21.6. The van der Waals surface area contributed by atoms with Crippen molar-refractivity contribution in [1.82, 2.24) is 20.2 Å². The van der Waals surface area contributed by atoms with Crippen molar-refractivity contribution in [3.8, 4) is 0 Å². The molecule has 21 heavy (non-hydrogen) atoms. The van der Waals surface area contributed by atoms with Gasteiger partial charge in [0.2, 0.25) is 0 Å². The van der Waals surface area contributed by atoms with E-state index in [0.29, 0.717) is 24.1 Å². The third kappa shape index (κ3) is 4.04. The highest BCUT2D eigenvalue weighted by Gasteiger charge is 2.15. The maximum atomic E-state index is 12.3. The molecule has 0 spiro atoms. The van der Waals surface area contributed by atoms with Gasteiger partial charge in [-0.1, -0.05) is 13.8 Å². The van der Waals surface area contributed by atoms with Crippen molar-refractivity contribution < 1.29 is 4.79 Å². The van der Waals surface area contributed by atoms with Crippen LogP contribution < -0.4 is 5.32 Å². The number of aromatic nitrogens is 2. The SMILES string of the molecule is CC(C)CC(CNC(=O)c1ccc2nc[nH]c2c1)N(C)C. The zero-order valence-electron chi connectivity index (χ0n) is 13.2. The quantitative estimate of drug-likeness (QED) is 0.857. The predicted molar refractivity (Wildman–Crippen MR) is 85.4 cm³/mol. The first kappa shape index (κ1) is 15.5. The Balaban J connectivity index is 1.99. The van der Waals surface area contributed by atoms with Crippen LogP contribution in [0.15, 0.2) is 24.5 Å². The van der Waals surface area contributed by atoms with E-state index >= 15 is 0 Å². The molecule has 0 aliphatic heterocycles. The average Bonchev–Trinajstić information content (AvgIpc) is 2.89. The van der Waals surface area contributed by atoms with E-state index in [2.05, 4.69) is 48.1 Å².